The maximum atomic E-state index is 12.5. The quantitative estimate of drug-likeness (QED) is 0.316. The molecule has 0 saturated carbocycles. The molecule has 2 aliphatic heterocycles. The van der Waals surface area contributed by atoms with Crippen LogP contribution in [-0.2, 0) is 15.6 Å². The Morgan fingerprint density at radius 1 is 1.16 bits per heavy atom. The number of carbonyl (C=O) groups excluding carboxylic acids is 1. The van der Waals surface area contributed by atoms with Crippen molar-refractivity contribution >= 4 is 52.3 Å². The number of hydrogen-bond acceptors (Lipinski definition) is 3. The average Bonchev–Trinajstić information content (AvgIpc) is 3.39. The molecule has 2 aromatic carbocycles. The third kappa shape index (κ3) is 5.70. The Labute approximate surface area is 210 Å². The first-order valence-electron chi connectivity index (χ1n) is 11.0. The molecule has 1 N–H and O–H groups in total. The number of benzene rings is 2. The number of halogens is 1. The number of likely N-dealkylation sites (tertiary alicyclic amines) is 1. The molecular formula is C24H31IN4O2S. The molecule has 172 valence electrons. The first-order valence-corrected chi connectivity index (χ1v) is 12.3. The van der Waals surface area contributed by atoms with Gasteiger partial charge in [0.2, 0.25) is 5.91 Å². The summed E-state index contributed by atoms with van der Waals surface area (Å²) in [6.07, 6.45) is 2.62. The maximum Gasteiger partial charge on any atom is 0.222 e. The Bertz CT molecular complexity index is 969. The van der Waals surface area contributed by atoms with E-state index in [9.17, 15) is 9.00 Å². The van der Waals surface area contributed by atoms with Gasteiger partial charge in [-0.3, -0.25) is 14.0 Å². The number of para-hydroxylation sites is 1. The second-order valence-corrected chi connectivity index (χ2v) is 9.55. The van der Waals surface area contributed by atoms with Crippen molar-refractivity contribution in [1.82, 2.24) is 10.2 Å². The highest BCUT2D eigenvalue weighted by Crippen LogP contribution is 2.38. The number of hydrogen-bond donors (Lipinski definition) is 1. The Kier molecular flexibility index (Phi) is 9.10. The van der Waals surface area contributed by atoms with Crippen LogP contribution >= 0.6 is 24.0 Å². The average molecular weight is 567 g/mol. The zero-order valence-electron chi connectivity index (χ0n) is 18.4. The molecule has 1 fully saturated rings. The van der Waals surface area contributed by atoms with Crippen LogP contribution in [0, 0.1) is 0 Å². The lowest BCUT2D eigenvalue weighted by Crippen LogP contribution is -2.42. The lowest BCUT2D eigenvalue weighted by atomic mass is 9.98. The molecule has 2 unspecified atom stereocenters. The van der Waals surface area contributed by atoms with Crippen LogP contribution in [0.25, 0.3) is 0 Å². The van der Waals surface area contributed by atoms with E-state index in [1.54, 1.807) is 7.05 Å². The fourth-order valence-corrected chi connectivity index (χ4v) is 5.42. The number of nitrogens with zero attached hydrogens (tertiary/aromatic N) is 3. The van der Waals surface area contributed by atoms with Crippen molar-refractivity contribution in [3.8, 4) is 0 Å². The Balaban J connectivity index is 0.00000289. The summed E-state index contributed by atoms with van der Waals surface area (Å²) in [6.45, 7) is 3.12. The summed E-state index contributed by atoms with van der Waals surface area (Å²) in [5.74, 6) is 1.98. The molecule has 2 aliphatic rings. The minimum Gasteiger partial charge on any atom is -0.355 e. The van der Waals surface area contributed by atoms with Gasteiger partial charge in [0.15, 0.2) is 5.96 Å². The van der Waals surface area contributed by atoms with Gasteiger partial charge in [-0.1, -0.05) is 36.4 Å². The van der Waals surface area contributed by atoms with Gasteiger partial charge in [-0.15, -0.1) is 24.0 Å². The molecule has 2 aromatic rings. The van der Waals surface area contributed by atoms with Crippen LogP contribution in [0.4, 0.5) is 5.69 Å². The summed E-state index contributed by atoms with van der Waals surface area (Å²) in [5.41, 5.74) is 2.47. The number of rotatable bonds is 7. The summed E-state index contributed by atoms with van der Waals surface area (Å²) >= 11 is 0. The molecular weight excluding hydrogens is 535 g/mol. The normalized spacial score (nSPS) is 19.0. The monoisotopic (exact) mass is 566 g/mol. The van der Waals surface area contributed by atoms with Gasteiger partial charge in [-0.05, 0) is 36.6 Å². The van der Waals surface area contributed by atoms with E-state index >= 15 is 0 Å². The highest BCUT2D eigenvalue weighted by Gasteiger charge is 2.32. The van der Waals surface area contributed by atoms with Gasteiger partial charge >= 0.3 is 0 Å². The van der Waals surface area contributed by atoms with Crippen molar-refractivity contribution in [2.24, 2.45) is 4.99 Å². The molecule has 0 radical (unpaired) electrons. The van der Waals surface area contributed by atoms with Crippen LogP contribution in [-0.4, -0.2) is 60.0 Å². The van der Waals surface area contributed by atoms with E-state index in [1.807, 2.05) is 35.2 Å². The van der Waals surface area contributed by atoms with E-state index in [2.05, 4.69) is 39.5 Å². The summed E-state index contributed by atoms with van der Waals surface area (Å²) in [7, 11) is 0.750. The van der Waals surface area contributed by atoms with Crippen LogP contribution in [0.15, 0.2) is 64.5 Å². The van der Waals surface area contributed by atoms with Crippen LogP contribution < -0.4 is 10.2 Å². The first kappa shape index (κ1) is 24.7. The van der Waals surface area contributed by atoms with Gasteiger partial charge in [0.1, 0.15) is 0 Å². The second kappa shape index (κ2) is 11.8. The Morgan fingerprint density at radius 3 is 2.62 bits per heavy atom. The highest BCUT2D eigenvalue weighted by molar-refractivity contribution is 14.0. The van der Waals surface area contributed by atoms with Crippen molar-refractivity contribution in [2.45, 2.75) is 30.1 Å². The van der Waals surface area contributed by atoms with E-state index in [4.69, 9.17) is 0 Å². The minimum absolute atomic E-state index is 0. The highest BCUT2D eigenvalue weighted by atomic mass is 127. The number of fused-ring (bicyclic) bond motifs is 1. The molecule has 4 rings (SSSR count). The standard InChI is InChI=1S/C24H30N4O2S.HI/c1-25-24(26-14-17-31(30)20-8-3-2-4-9-20)28-18-19(21-10-5-6-11-22(21)28)13-16-27-15-7-12-23(27)29;/h2-6,8-11,19H,7,12-18H2,1H3,(H,25,26);1H. The third-order valence-corrected chi connectivity index (χ3v) is 7.41. The molecule has 0 spiro atoms. The fourth-order valence-electron chi connectivity index (χ4n) is 4.44. The van der Waals surface area contributed by atoms with E-state index in [0.717, 1.165) is 49.0 Å². The molecule has 1 saturated heterocycles. The second-order valence-electron chi connectivity index (χ2n) is 7.98. The van der Waals surface area contributed by atoms with Gasteiger partial charge < -0.3 is 15.1 Å². The number of carbonyl (C=O) groups is 1. The molecule has 8 heteroatoms. The van der Waals surface area contributed by atoms with Crippen molar-refractivity contribution in [3.63, 3.8) is 0 Å². The van der Waals surface area contributed by atoms with Crippen LogP contribution in [0.5, 0.6) is 0 Å². The Hall–Kier alpha value is -1.94. The summed E-state index contributed by atoms with van der Waals surface area (Å²) < 4.78 is 12.5. The number of anilines is 1. The molecule has 2 heterocycles. The van der Waals surface area contributed by atoms with Gasteiger partial charge in [0.05, 0.1) is 10.8 Å². The predicted octanol–water partition coefficient (Wildman–Crippen LogP) is 3.60. The van der Waals surface area contributed by atoms with E-state index in [0.29, 0.717) is 24.6 Å². The van der Waals surface area contributed by atoms with E-state index in [-0.39, 0.29) is 29.9 Å². The number of nitrogens with one attached hydrogen (secondary N) is 1. The number of amides is 1. The predicted molar refractivity (Wildman–Crippen MR) is 141 cm³/mol. The lowest BCUT2D eigenvalue weighted by molar-refractivity contribution is -0.127. The van der Waals surface area contributed by atoms with Crippen LogP contribution in [0.2, 0.25) is 0 Å². The molecule has 1 amide bonds. The number of aliphatic imine (C=N–C) groups is 1. The van der Waals surface area contributed by atoms with Crippen molar-refractivity contribution < 1.29 is 9.00 Å². The fraction of sp³-hybridized carbons (Fsp3) is 0.417. The van der Waals surface area contributed by atoms with Gasteiger partial charge in [-0.2, -0.15) is 0 Å². The van der Waals surface area contributed by atoms with Gasteiger partial charge in [0, 0.05) is 61.9 Å². The molecule has 6 nitrogen and oxygen atoms in total. The topological polar surface area (TPSA) is 65.0 Å². The van der Waals surface area contributed by atoms with E-state index in [1.165, 1.54) is 5.56 Å². The summed E-state index contributed by atoms with van der Waals surface area (Å²) in [6, 6.07) is 18.0. The van der Waals surface area contributed by atoms with E-state index < -0.39 is 10.8 Å². The largest absolute Gasteiger partial charge is 0.355 e. The maximum absolute atomic E-state index is 12.5. The molecule has 2 atom stereocenters. The van der Waals surface area contributed by atoms with Gasteiger partial charge in [-0.25, -0.2) is 0 Å². The SMILES string of the molecule is CN=C(NCCS(=O)c1ccccc1)N1CC(CCN2CCCC2=O)c2ccccc21.I. The summed E-state index contributed by atoms with van der Waals surface area (Å²) in [4.78, 5) is 21.5. The van der Waals surface area contributed by atoms with Crippen molar-refractivity contribution in [1.29, 1.82) is 0 Å². The Morgan fingerprint density at radius 2 is 1.91 bits per heavy atom. The number of guanidine groups is 1. The molecule has 0 bridgehead atoms. The zero-order valence-corrected chi connectivity index (χ0v) is 21.6. The van der Waals surface area contributed by atoms with Crippen molar-refractivity contribution in [2.75, 3.05) is 43.9 Å². The smallest absolute Gasteiger partial charge is 0.222 e. The summed E-state index contributed by atoms with van der Waals surface area (Å²) in [5, 5.41) is 3.40. The molecule has 32 heavy (non-hydrogen) atoms. The van der Waals surface area contributed by atoms with Gasteiger partial charge in [0.25, 0.3) is 0 Å². The molecule has 0 aromatic heterocycles. The molecule has 0 aliphatic carbocycles. The van der Waals surface area contributed by atoms with Crippen LogP contribution in [0.3, 0.4) is 0 Å². The first-order chi connectivity index (χ1) is 15.2. The lowest BCUT2D eigenvalue weighted by Gasteiger charge is -2.23. The van der Waals surface area contributed by atoms with Crippen LogP contribution in [0.1, 0.15) is 30.7 Å². The minimum atomic E-state index is -1.04. The zero-order chi connectivity index (χ0) is 21.6. The van der Waals surface area contributed by atoms with Crippen molar-refractivity contribution in [3.05, 3.63) is 60.2 Å². The third-order valence-electron chi connectivity index (χ3n) is 6.03.